The first-order valence-electron chi connectivity index (χ1n) is 39.0. The molecule has 0 bridgehead atoms. The van der Waals surface area contributed by atoms with E-state index in [0.29, 0.717) is 0 Å². The van der Waals surface area contributed by atoms with Gasteiger partial charge in [0.2, 0.25) is 0 Å². The first kappa shape index (κ1) is 85.4. The smallest absolute Gasteiger partial charge is 0.338 e. The zero-order valence-corrected chi connectivity index (χ0v) is 66.1. The van der Waals surface area contributed by atoms with Crippen LogP contribution in [0.2, 0.25) is 0 Å². The molecule has 121 heavy (non-hydrogen) atoms. The fraction of sp³-hybridized carbons (Fsp3) is 0.356. The Morgan fingerprint density at radius 3 is 0.868 bits per heavy atom. The molecule has 14 rings (SSSR count). The molecule has 0 N–H and O–H groups in total. The van der Waals surface area contributed by atoms with Gasteiger partial charge in [-0.15, -0.1) is 0 Å². The monoisotopic (exact) mass is 1660 g/mol. The molecule has 31 heteroatoms. The average Bonchev–Trinajstić information content (AvgIpc) is 1.63. The summed E-state index contributed by atoms with van der Waals surface area (Å²) in [5, 5.41) is 0. The molecule has 8 aromatic carbocycles. The van der Waals surface area contributed by atoms with E-state index in [0.717, 1.165) is 13.8 Å². The molecule has 0 aliphatic carbocycles. The summed E-state index contributed by atoms with van der Waals surface area (Å²) in [6, 6.07) is 60.9. The van der Waals surface area contributed by atoms with Gasteiger partial charge in [0.25, 0.3) is 0 Å². The highest BCUT2D eigenvalue weighted by molar-refractivity contribution is 5.94. The van der Waals surface area contributed by atoms with E-state index in [9.17, 15) is 43.2 Å². The summed E-state index contributed by atoms with van der Waals surface area (Å²) in [5.74, 6) is -12.8. The van der Waals surface area contributed by atoms with E-state index >= 15 is 4.79 Å². The summed E-state index contributed by atoms with van der Waals surface area (Å²) >= 11 is 0. The molecule has 0 unspecified atom stereocenters. The molecule has 632 valence electrons. The van der Waals surface area contributed by atoms with E-state index in [1.807, 2.05) is 0 Å². The van der Waals surface area contributed by atoms with Crippen LogP contribution in [0.3, 0.4) is 0 Å². The molecule has 6 aliphatic heterocycles. The molecule has 6 aliphatic rings. The quantitative estimate of drug-likeness (QED) is 0.0325. The standard InChI is InChI=1S/C90H86O31/c1-51(91)105-65-63(49-103-86-74(115-83(99)59-43-27-13-28-44-59)69(113-81(97)57-39-23-11-24-40-57)66(111-79(95)55-35-19-9-20-36-55)61(107-86)47-101-77(93)53-31-15-7-16-32-53)108-85(104-50-64-68-72(119-89(3,4)118-68)76-88(110-64)121-90(5,6)120-76)73(106-52(2)92)71(65)117-87-75(116-84(100)60-45-29-14-30-46-60)70(114-82(98)58-41-25-12-26-42-58)67(112-80(96)56-37-21-10-22-38-56)62(109-87)48-102-78(94)54-33-17-8-18-34-54/h7-46,61-76,85-88H,47-50H2,1-6H3/t61-,62-,63-,64-,65+,66+,67+,68+,69+,70+,71+,72+,73-,74-,75-,76-,85-,86-,87+,88-/m1/s1. The van der Waals surface area contributed by atoms with Crippen molar-refractivity contribution in [2.75, 3.05) is 26.4 Å². The molecule has 0 saturated carbocycles. The lowest BCUT2D eigenvalue weighted by Gasteiger charge is -2.49. The molecular weight excluding hydrogens is 1580 g/mol. The van der Waals surface area contributed by atoms with Gasteiger partial charge in [-0.3, -0.25) is 9.59 Å². The van der Waals surface area contributed by atoms with Crippen LogP contribution in [0.15, 0.2) is 243 Å². The maximum atomic E-state index is 15.1. The van der Waals surface area contributed by atoms with Gasteiger partial charge in [0.05, 0.1) is 57.7 Å². The Labute approximate surface area is 693 Å². The molecular formula is C90H86O31. The molecule has 6 heterocycles. The molecule has 0 amide bonds. The number of esters is 10. The third-order valence-electron chi connectivity index (χ3n) is 20.1. The highest BCUT2D eigenvalue weighted by Gasteiger charge is 2.63. The van der Waals surface area contributed by atoms with Gasteiger partial charge in [0.15, 0.2) is 85.6 Å². The number of rotatable bonds is 28. The average molecular weight is 1660 g/mol. The van der Waals surface area contributed by atoms with Crippen molar-refractivity contribution < 1.29 is 147 Å². The van der Waals surface area contributed by atoms with Crippen molar-refractivity contribution in [2.24, 2.45) is 0 Å². The Balaban J connectivity index is 0.909. The van der Waals surface area contributed by atoms with Crippen LogP contribution >= 0.6 is 0 Å². The fourth-order valence-electron chi connectivity index (χ4n) is 14.6. The summed E-state index contributed by atoms with van der Waals surface area (Å²) in [5.41, 5.74) is -0.181. The van der Waals surface area contributed by atoms with Crippen LogP contribution in [0.5, 0.6) is 0 Å². The summed E-state index contributed by atoms with van der Waals surface area (Å²) < 4.78 is 137. The van der Waals surface area contributed by atoms with Crippen molar-refractivity contribution in [1.82, 2.24) is 0 Å². The largest absolute Gasteiger partial charge is 0.459 e. The molecule has 0 aromatic heterocycles. The third-order valence-corrected chi connectivity index (χ3v) is 20.1. The summed E-state index contributed by atoms with van der Waals surface area (Å²) in [4.78, 5) is 146. The van der Waals surface area contributed by atoms with Gasteiger partial charge in [-0.05, 0) is 125 Å². The maximum absolute atomic E-state index is 15.1. The third kappa shape index (κ3) is 21.1. The first-order valence-corrected chi connectivity index (χ1v) is 39.0. The second-order valence-corrected chi connectivity index (χ2v) is 29.6. The Morgan fingerprint density at radius 1 is 0.256 bits per heavy atom. The molecule has 6 fully saturated rings. The van der Waals surface area contributed by atoms with Crippen LogP contribution in [-0.2, 0) is 109 Å². The van der Waals surface area contributed by atoms with Crippen LogP contribution in [0.25, 0.3) is 0 Å². The number of benzene rings is 8. The van der Waals surface area contributed by atoms with Crippen LogP contribution in [0, 0.1) is 0 Å². The van der Waals surface area contributed by atoms with Gasteiger partial charge in [-0.1, -0.05) is 146 Å². The van der Waals surface area contributed by atoms with E-state index in [4.69, 9.17) is 99.5 Å². The number of carbonyl (C=O) groups is 10. The fourth-order valence-corrected chi connectivity index (χ4v) is 14.6. The van der Waals surface area contributed by atoms with E-state index in [1.165, 1.54) is 121 Å². The summed E-state index contributed by atoms with van der Waals surface area (Å²) in [7, 11) is 0. The van der Waals surface area contributed by atoms with Gasteiger partial charge in [0.1, 0.15) is 62.0 Å². The number of hydrogen-bond acceptors (Lipinski definition) is 31. The van der Waals surface area contributed by atoms with Gasteiger partial charge >= 0.3 is 59.7 Å². The highest BCUT2D eigenvalue weighted by atomic mass is 16.9. The Morgan fingerprint density at radius 2 is 0.512 bits per heavy atom. The molecule has 6 saturated heterocycles. The molecule has 31 nitrogen and oxygen atoms in total. The predicted molar refractivity (Wildman–Crippen MR) is 414 cm³/mol. The Kier molecular flexibility index (Phi) is 27.3. The minimum absolute atomic E-state index is 0.00776. The van der Waals surface area contributed by atoms with Gasteiger partial charge in [-0.25, -0.2) is 38.4 Å². The van der Waals surface area contributed by atoms with Crippen molar-refractivity contribution in [3.63, 3.8) is 0 Å². The molecule has 20 atom stereocenters. The van der Waals surface area contributed by atoms with E-state index < -0.39 is 221 Å². The maximum Gasteiger partial charge on any atom is 0.338 e. The summed E-state index contributed by atoms with van der Waals surface area (Å²) in [6.45, 7) is 5.50. The topological polar surface area (TPSA) is 365 Å². The second-order valence-electron chi connectivity index (χ2n) is 29.6. The van der Waals surface area contributed by atoms with E-state index in [1.54, 1.807) is 149 Å². The number of hydrogen-bond donors (Lipinski definition) is 0. The lowest BCUT2D eigenvalue weighted by Crippen LogP contribution is -2.68. The normalized spacial score (nSPS) is 28.0. The van der Waals surface area contributed by atoms with Crippen LogP contribution in [0.4, 0.5) is 0 Å². The lowest BCUT2D eigenvalue weighted by atomic mass is 9.95. The minimum Gasteiger partial charge on any atom is -0.459 e. The van der Waals surface area contributed by atoms with E-state index in [2.05, 4.69) is 0 Å². The van der Waals surface area contributed by atoms with Crippen molar-refractivity contribution in [2.45, 2.75) is 176 Å². The Bertz CT molecular complexity index is 4900. The lowest BCUT2D eigenvalue weighted by molar-refractivity contribution is -0.368. The number of fused-ring (bicyclic) bond motifs is 3. The molecule has 0 radical (unpaired) electrons. The Hall–Kier alpha value is -12.0. The van der Waals surface area contributed by atoms with Crippen molar-refractivity contribution in [1.29, 1.82) is 0 Å². The number of ether oxygens (including phenoxy) is 21. The van der Waals surface area contributed by atoms with Gasteiger partial charge in [-0.2, -0.15) is 0 Å². The predicted octanol–water partition coefficient (Wildman–Crippen LogP) is 9.91. The zero-order chi connectivity index (χ0) is 84.9. The van der Waals surface area contributed by atoms with Crippen molar-refractivity contribution in [3.05, 3.63) is 287 Å². The van der Waals surface area contributed by atoms with Gasteiger partial charge < -0.3 is 99.5 Å². The highest BCUT2D eigenvalue weighted by Crippen LogP contribution is 2.46. The van der Waals surface area contributed by atoms with Crippen molar-refractivity contribution >= 4 is 59.7 Å². The molecule has 0 spiro atoms. The SMILES string of the molecule is CC(=O)O[C@@H]1[C@H](O[C@@H]2O[C@H](COC(=O)c3ccccc3)[C@H](OC(=O)c3ccccc3)[C@H](OC(=O)c3ccccc3)[C@H]2OC(=O)c2ccccc2)[C@@H](OC(C)=O)[C@H](OC[C@H]2O[C@@H]3OC(C)(C)O[C@@H]3[C@H]3OC(C)(C)O[C@H]32)O[C@@H]1CO[C@@H]1O[C@H](COC(=O)c2ccccc2)[C@H](OC(=O)c2ccccc2)[C@H](OC(=O)c2ccccc2)[C@H]1OC(=O)c1ccccc1. The second kappa shape index (κ2) is 38.6. The van der Waals surface area contributed by atoms with Gasteiger partial charge in [0, 0.05) is 13.8 Å². The number of carbonyl (C=O) groups excluding carboxylic acids is 10. The van der Waals surface area contributed by atoms with E-state index in [-0.39, 0.29) is 44.5 Å². The zero-order valence-electron chi connectivity index (χ0n) is 66.1. The van der Waals surface area contributed by atoms with Crippen LogP contribution in [0.1, 0.15) is 124 Å². The van der Waals surface area contributed by atoms with Crippen LogP contribution < -0.4 is 0 Å². The van der Waals surface area contributed by atoms with Crippen molar-refractivity contribution in [3.8, 4) is 0 Å². The van der Waals surface area contributed by atoms with Crippen LogP contribution in [-0.4, -0.2) is 221 Å². The first-order chi connectivity index (χ1) is 58.4. The summed E-state index contributed by atoms with van der Waals surface area (Å²) in [6.07, 6.45) is -35.2. The minimum atomic E-state index is -2.28. The molecule has 8 aromatic rings.